The van der Waals surface area contributed by atoms with Crippen LogP contribution in [0.25, 0.3) is 0 Å². The van der Waals surface area contributed by atoms with Gasteiger partial charge in [0.15, 0.2) is 11.5 Å². The molecule has 0 saturated carbocycles. The Kier molecular flexibility index (Phi) is 5.35. The molecule has 0 aliphatic carbocycles. The van der Waals surface area contributed by atoms with E-state index < -0.39 is 5.92 Å². The topological polar surface area (TPSA) is 67.9 Å². The van der Waals surface area contributed by atoms with Gasteiger partial charge in [-0.25, -0.2) is 0 Å². The fourth-order valence-electron chi connectivity index (χ4n) is 4.49. The summed E-state index contributed by atoms with van der Waals surface area (Å²) < 4.78 is 11.3. The summed E-state index contributed by atoms with van der Waals surface area (Å²) in [6, 6.07) is 16.5. The molecule has 0 saturated heterocycles. The second kappa shape index (κ2) is 8.31. The van der Waals surface area contributed by atoms with Gasteiger partial charge in [0.1, 0.15) is 13.2 Å². The van der Waals surface area contributed by atoms with E-state index in [4.69, 9.17) is 9.47 Å². The largest absolute Gasteiger partial charge is 0.486 e. The van der Waals surface area contributed by atoms with Gasteiger partial charge in [-0.05, 0) is 47.7 Å². The normalized spacial score (nSPS) is 20.4. The molecule has 7 heteroatoms. The van der Waals surface area contributed by atoms with Crippen LogP contribution < -0.4 is 14.8 Å². The van der Waals surface area contributed by atoms with E-state index in [1.54, 1.807) is 29.4 Å². The van der Waals surface area contributed by atoms with Crippen LogP contribution in [0.4, 0.5) is 0 Å². The number of fused-ring (bicyclic) bond motifs is 2. The number of ether oxygens (including phenoxy) is 2. The molecule has 2 aliphatic rings. The van der Waals surface area contributed by atoms with Crippen molar-refractivity contribution in [2.45, 2.75) is 24.9 Å². The lowest BCUT2D eigenvalue weighted by Gasteiger charge is -2.39. The van der Waals surface area contributed by atoms with Crippen molar-refractivity contribution in [3.8, 4) is 11.5 Å². The van der Waals surface area contributed by atoms with E-state index in [2.05, 4.69) is 5.32 Å². The first-order valence-corrected chi connectivity index (χ1v) is 11.5. The summed E-state index contributed by atoms with van der Waals surface area (Å²) in [6.45, 7) is 3.00. The second-order valence-corrected chi connectivity index (χ2v) is 9.05. The van der Waals surface area contributed by atoms with Gasteiger partial charge in [0, 0.05) is 17.5 Å². The Bertz CT molecular complexity index is 1160. The highest BCUT2D eigenvalue weighted by atomic mass is 32.1. The van der Waals surface area contributed by atoms with Crippen molar-refractivity contribution in [3.05, 3.63) is 81.5 Å². The van der Waals surface area contributed by atoms with Gasteiger partial charge in [0.25, 0.3) is 5.91 Å². The number of nitrogens with zero attached hydrogens (tertiary/aromatic N) is 1. The maximum absolute atomic E-state index is 13.7. The van der Waals surface area contributed by atoms with Crippen LogP contribution in [0, 0.1) is 0 Å². The van der Waals surface area contributed by atoms with Gasteiger partial charge in [-0.15, -0.1) is 11.3 Å². The molecule has 3 aromatic rings. The Morgan fingerprint density at radius 1 is 1.09 bits per heavy atom. The maximum atomic E-state index is 13.7. The average molecular weight is 449 g/mol. The smallest absolute Gasteiger partial charge is 0.254 e. The van der Waals surface area contributed by atoms with E-state index in [1.807, 2.05) is 60.8 Å². The minimum absolute atomic E-state index is 0.0667. The van der Waals surface area contributed by atoms with E-state index in [0.717, 1.165) is 21.8 Å². The van der Waals surface area contributed by atoms with E-state index in [9.17, 15) is 9.59 Å². The van der Waals surface area contributed by atoms with Gasteiger partial charge in [-0.2, -0.15) is 0 Å². The molecule has 0 bridgehead atoms. The number of amides is 2. The number of likely N-dealkylation sites (N-methyl/N-ethyl adjacent to an activating group) is 1. The first kappa shape index (κ1) is 20.6. The predicted molar refractivity (Wildman–Crippen MR) is 122 cm³/mol. The highest BCUT2D eigenvalue weighted by molar-refractivity contribution is 7.10. The Morgan fingerprint density at radius 3 is 2.66 bits per heavy atom. The third-order valence-corrected chi connectivity index (χ3v) is 7.06. The van der Waals surface area contributed by atoms with Crippen LogP contribution in [-0.2, 0) is 4.79 Å². The predicted octanol–water partition coefficient (Wildman–Crippen LogP) is 4.31. The van der Waals surface area contributed by atoms with Crippen molar-refractivity contribution in [1.82, 2.24) is 10.2 Å². The Labute approximate surface area is 190 Å². The summed E-state index contributed by atoms with van der Waals surface area (Å²) in [6.07, 6.45) is 0. The van der Waals surface area contributed by atoms with Crippen molar-refractivity contribution in [2.24, 2.45) is 0 Å². The van der Waals surface area contributed by atoms with Crippen LogP contribution in [0.1, 0.15) is 51.3 Å². The van der Waals surface area contributed by atoms with Gasteiger partial charge in [0.05, 0.1) is 18.0 Å². The molecule has 2 aliphatic heterocycles. The van der Waals surface area contributed by atoms with Gasteiger partial charge in [-0.1, -0.05) is 30.3 Å². The molecule has 1 N–H and O–H groups in total. The lowest BCUT2D eigenvalue weighted by atomic mass is 9.81. The average Bonchev–Trinajstić information content (AvgIpc) is 3.35. The minimum atomic E-state index is -0.507. The summed E-state index contributed by atoms with van der Waals surface area (Å²) >= 11 is 1.56. The number of nitrogens with one attached hydrogen (secondary N) is 1. The second-order valence-electron chi connectivity index (χ2n) is 8.07. The highest BCUT2D eigenvalue weighted by Crippen LogP contribution is 2.43. The molecular formula is C25H24N2O4S. The number of rotatable bonds is 4. The van der Waals surface area contributed by atoms with Crippen LogP contribution in [0.15, 0.2) is 60.0 Å². The summed E-state index contributed by atoms with van der Waals surface area (Å²) in [7, 11) is 1.77. The number of carbonyl (C=O) groups is 2. The van der Waals surface area contributed by atoms with Crippen molar-refractivity contribution in [3.63, 3.8) is 0 Å². The van der Waals surface area contributed by atoms with Crippen LogP contribution >= 0.6 is 11.3 Å². The zero-order chi connectivity index (χ0) is 22.2. The summed E-state index contributed by atoms with van der Waals surface area (Å²) in [4.78, 5) is 29.4. The first-order valence-electron chi connectivity index (χ1n) is 10.6. The lowest BCUT2D eigenvalue weighted by Crippen LogP contribution is -2.45. The molecule has 32 heavy (non-hydrogen) atoms. The van der Waals surface area contributed by atoms with E-state index >= 15 is 0 Å². The molecule has 0 fully saturated rings. The number of hydrogen-bond acceptors (Lipinski definition) is 5. The Morgan fingerprint density at radius 2 is 1.88 bits per heavy atom. The van der Waals surface area contributed by atoms with E-state index in [0.29, 0.717) is 24.5 Å². The van der Waals surface area contributed by atoms with Crippen molar-refractivity contribution >= 4 is 23.2 Å². The molecule has 2 aromatic carbocycles. The molecular weight excluding hydrogens is 424 g/mol. The standard InChI is InChI=1S/C25H24N2O4S/c1-15(16-9-10-19-20(14-16)31-12-11-30-19)26-24(28)22-17-6-3-4-7-18(17)25(29)27(2)23(22)21-8-5-13-32-21/h3-10,13-15,22-23H,11-12H2,1-2H3,(H,26,28). The number of hydrogen-bond donors (Lipinski definition) is 1. The number of thiophene rings is 1. The quantitative estimate of drug-likeness (QED) is 0.646. The molecule has 2 amide bonds. The molecule has 3 unspecified atom stereocenters. The molecule has 164 valence electrons. The zero-order valence-corrected chi connectivity index (χ0v) is 18.7. The van der Waals surface area contributed by atoms with Gasteiger partial charge in [-0.3, -0.25) is 9.59 Å². The Hall–Kier alpha value is -3.32. The van der Waals surface area contributed by atoms with Crippen LogP contribution in [0.2, 0.25) is 0 Å². The van der Waals surface area contributed by atoms with Gasteiger partial charge >= 0.3 is 0 Å². The van der Waals surface area contributed by atoms with Crippen LogP contribution in [0.5, 0.6) is 11.5 Å². The number of carbonyl (C=O) groups excluding carboxylic acids is 2. The zero-order valence-electron chi connectivity index (χ0n) is 17.9. The molecule has 5 rings (SSSR count). The maximum Gasteiger partial charge on any atom is 0.254 e. The van der Waals surface area contributed by atoms with Crippen LogP contribution in [-0.4, -0.2) is 37.0 Å². The molecule has 0 spiro atoms. The fourth-order valence-corrected chi connectivity index (χ4v) is 5.39. The number of benzene rings is 2. The van der Waals surface area contributed by atoms with Crippen LogP contribution in [0.3, 0.4) is 0 Å². The van der Waals surface area contributed by atoms with E-state index in [-0.39, 0.29) is 23.9 Å². The highest BCUT2D eigenvalue weighted by Gasteiger charge is 2.43. The summed E-state index contributed by atoms with van der Waals surface area (Å²) in [5.41, 5.74) is 2.28. The molecule has 1 aromatic heterocycles. The first-order chi connectivity index (χ1) is 15.5. The lowest BCUT2D eigenvalue weighted by molar-refractivity contribution is -0.124. The molecule has 3 atom stereocenters. The van der Waals surface area contributed by atoms with Crippen molar-refractivity contribution in [1.29, 1.82) is 0 Å². The third-order valence-electron chi connectivity index (χ3n) is 6.12. The van der Waals surface area contributed by atoms with E-state index in [1.165, 1.54) is 0 Å². The van der Waals surface area contributed by atoms with Gasteiger partial charge < -0.3 is 19.7 Å². The third kappa shape index (κ3) is 3.52. The molecule has 0 radical (unpaired) electrons. The van der Waals surface area contributed by atoms with Gasteiger partial charge in [0.2, 0.25) is 5.91 Å². The SMILES string of the molecule is CC(NC(=O)C1c2ccccc2C(=O)N(C)C1c1cccs1)c1ccc2c(c1)OCCO2. The van der Waals surface area contributed by atoms with Crippen molar-refractivity contribution < 1.29 is 19.1 Å². The van der Waals surface area contributed by atoms with Crippen molar-refractivity contribution in [2.75, 3.05) is 20.3 Å². The fraction of sp³-hybridized carbons (Fsp3) is 0.280. The molecule has 6 nitrogen and oxygen atoms in total. The summed E-state index contributed by atoms with van der Waals surface area (Å²) in [5.74, 6) is 0.727. The monoisotopic (exact) mass is 448 g/mol. The molecule has 3 heterocycles. The summed E-state index contributed by atoms with van der Waals surface area (Å²) in [5, 5.41) is 5.15. The Balaban J connectivity index is 1.47. The minimum Gasteiger partial charge on any atom is -0.486 e.